The lowest BCUT2D eigenvalue weighted by Crippen LogP contribution is -2.41. The van der Waals surface area contributed by atoms with Crippen molar-refractivity contribution in [2.24, 2.45) is 0 Å². The van der Waals surface area contributed by atoms with Crippen molar-refractivity contribution in [3.63, 3.8) is 0 Å². The van der Waals surface area contributed by atoms with E-state index in [1.165, 1.54) is 0 Å². The lowest BCUT2D eigenvalue weighted by molar-refractivity contribution is -0.145. The third-order valence-electron chi connectivity index (χ3n) is 4.97. The number of benzene rings is 3. The molecule has 34 heavy (non-hydrogen) atoms. The highest BCUT2D eigenvalue weighted by Gasteiger charge is 2.22. The van der Waals surface area contributed by atoms with Crippen molar-refractivity contribution in [1.29, 1.82) is 0 Å². The van der Waals surface area contributed by atoms with Crippen LogP contribution in [0.4, 0.5) is 4.79 Å². The fourth-order valence-electron chi connectivity index (χ4n) is 3.43. The van der Waals surface area contributed by atoms with Crippen LogP contribution in [0.2, 0.25) is 5.02 Å². The maximum Gasteiger partial charge on any atom is 0.407 e. The van der Waals surface area contributed by atoms with Crippen LogP contribution in [0.5, 0.6) is 0 Å². The SMILES string of the molecule is CC(C)(C)OC(=O)N[C@@H](CC(=O)OCc1ccccc1)Cc1ccc(-c2cccc(Cl)c2)cc1. The second kappa shape index (κ2) is 11.7. The molecule has 0 radical (unpaired) electrons. The van der Waals surface area contributed by atoms with Gasteiger partial charge in [-0.15, -0.1) is 0 Å². The van der Waals surface area contributed by atoms with Crippen LogP contribution in [0.1, 0.15) is 38.3 Å². The zero-order valence-electron chi connectivity index (χ0n) is 19.7. The Bertz CT molecular complexity index is 1090. The Hall–Kier alpha value is -3.31. The fraction of sp³-hybridized carbons (Fsp3) is 0.286. The van der Waals surface area contributed by atoms with Gasteiger partial charge < -0.3 is 14.8 Å². The molecule has 0 saturated carbocycles. The summed E-state index contributed by atoms with van der Waals surface area (Å²) in [5.74, 6) is -0.388. The van der Waals surface area contributed by atoms with E-state index in [0.717, 1.165) is 22.3 Å². The molecule has 0 fully saturated rings. The van der Waals surface area contributed by atoms with E-state index in [9.17, 15) is 9.59 Å². The average molecular weight is 480 g/mol. The van der Waals surface area contributed by atoms with Gasteiger partial charge in [0.1, 0.15) is 12.2 Å². The molecular formula is C28H30ClNO4. The standard InChI is InChI=1S/C28H30ClNO4/c1-28(2,3)34-27(32)30-25(18-26(31)33-19-21-8-5-4-6-9-21)16-20-12-14-22(15-13-20)23-10-7-11-24(29)17-23/h4-15,17,25H,16,18-19H2,1-3H3,(H,30,32)/t25-/m1/s1. The first-order chi connectivity index (χ1) is 16.2. The van der Waals surface area contributed by atoms with Crippen molar-refractivity contribution in [3.8, 4) is 11.1 Å². The van der Waals surface area contributed by atoms with Gasteiger partial charge in [-0.3, -0.25) is 4.79 Å². The van der Waals surface area contributed by atoms with Gasteiger partial charge in [0.25, 0.3) is 0 Å². The van der Waals surface area contributed by atoms with Gasteiger partial charge in [-0.2, -0.15) is 0 Å². The first-order valence-corrected chi connectivity index (χ1v) is 11.6. The number of esters is 1. The third-order valence-corrected chi connectivity index (χ3v) is 5.21. The summed E-state index contributed by atoms with van der Waals surface area (Å²) in [6.07, 6.45) is -0.0821. The zero-order chi connectivity index (χ0) is 24.6. The summed E-state index contributed by atoms with van der Waals surface area (Å²) < 4.78 is 10.8. The molecule has 0 aliphatic carbocycles. The Balaban J connectivity index is 1.67. The summed E-state index contributed by atoms with van der Waals surface area (Å²) in [4.78, 5) is 24.9. The first kappa shape index (κ1) is 25.3. The van der Waals surface area contributed by atoms with E-state index in [2.05, 4.69) is 5.32 Å². The summed E-state index contributed by atoms with van der Waals surface area (Å²) >= 11 is 6.11. The topological polar surface area (TPSA) is 64.6 Å². The molecule has 3 aromatic carbocycles. The Kier molecular flexibility index (Phi) is 8.72. The smallest absolute Gasteiger partial charge is 0.407 e. The Morgan fingerprint density at radius 2 is 1.59 bits per heavy atom. The van der Waals surface area contributed by atoms with E-state index in [-0.39, 0.29) is 19.0 Å². The highest BCUT2D eigenvalue weighted by molar-refractivity contribution is 6.30. The van der Waals surface area contributed by atoms with Crippen molar-refractivity contribution in [3.05, 3.63) is 95.0 Å². The number of rotatable bonds is 8. The number of nitrogens with one attached hydrogen (secondary N) is 1. The van der Waals surface area contributed by atoms with E-state index in [1.807, 2.05) is 78.9 Å². The zero-order valence-corrected chi connectivity index (χ0v) is 20.5. The van der Waals surface area contributed by atoms with Crippen LogP contribution in [0.15, 0.2) is 78.9 Å². The van der Waals surface area contributed by atoms with Crippen molar-refractivity contribution < 1.29 is 19.1 Å². The summed E-state index contributed by atoms with van der Waals surface area (Å²) in [5, 5.41) is 3.50. The van der Waals surface area contributed by atoms with Crippen LogP contribution in [-0.2, 0) is 27.3 Å². The normalized spacial score (nSPS) is 12.0. The summed E-state index contributed by atoms with van der Waals surface area (Å²) in [5.41, 5.74) is 3.30. The van der Waals surface area contributed by atoms with Gasteiger partial charge in [-0.25, -0.2) is 4.79 Å². The van der Waals surface area contributed by atoms with E-state index >= 15 is 0 Å². The predicted octanol–water partition coefficient (Wildman–Crippen LogP) is 6.58. The second-order valence-corrected chi connectivity index (χ2v) is 9.54. The lowest BCUT2D eigenvalue weighted by Gasteiger charge is -2.23. The number of carbonyl (C=O) groups is 2. The van der Waals surface area contributed by atoms with Gasteiger partial charge in [0, 0.05) is 11.1 Å². The molecule has 0 unspecified atom stereocenters. The molecule has 0 spiro atoms. The monoisotopic (exact) mass is 479 g/mol. The Morgan fingerprint density at radius 3 is 2.24 bits per heavy atom. The van der Waals surface area contributed by atoms with Crippen LogP contribution >= 0.6 is 11.6 Å². The van der Waals surface area contributed by atoms with Crippen molar-refractivity contribution >= 4 is 23.7 Å². The molecule has 0 aromatic heterocycles. The molecule has 5 nitrogen and oxygen atoms in total. The largest absolute Gasteiger partial charge is 0.461 e. The number of ether oxygens (including phenoxy) is 2. The second-order valence-electron chi connectivity index (χ2n) is 9.10. The van der Waals surface area contributed by atoms with E-state index < -0.39 is 17.7 Å². The van der Waals surface area contributed by atoms with Crippen LogP contribution in [0, 0.1) is 0 Å². The van der Waals surface area contributed by atoms with E-state index in [0.29, 0.717) is 11.4 Å². The molecule has 1 amide bonds. The lowest BCUT2D eigenvalue weighted by atomic mass is 9.99. The average Bonchev–Trinajstić information content (AvgIpc) is 2.77. The number of carbonyl (C=O) groups excluding carboxylic acids is 2. The van der Waals surface area contributed by atoms with Crippen LogP contribution in [0.3, 0.4) is 0 Å². The molecule has 0 aliphatic heterocycles. The molecule has 1 N–H and O–H groups in total. The quantitative estimate of drug-likeness (QED) is 0.371. The minimum absolute atomic E-state index is 0.0299. The molecule has 0 saturated heterocycles. The van der Waals surface area contributed by atoms with Gasteiger partial charge in [-0.1, -0.05) is 78.3 Å². The molecule has 0 heterocycles. The van der Waals surface area contributed by atoms with Gasteiger partial charge >= 0.3 is 12.1 Å². The molecule has 0 bridgehead atoms. The predicted molar refractivity (Wildman–Crippen MR) is 135 cm³/mol. The highest BCUT2D eigenvalue weighted by Crippen LogP contribution is 2.23. The highest BCUT2D eigenvalue weighted by atomic mass is 35.5. The molecule has 6 heteroatoms. The van der Waals surface area contributed by atoms with Crippen molar-refractivity contribution in [2.75, 3.05) is 0 Å². The molecule has 0 aliphatic rings. The van der Waals surface area contributed by atoms with E-state index in [4.69, 9.17) is 21.1 Å². The van der Waals surface area contributed by atoms with Gasteiger partial charge in [-0.05, 0) is 61.6 Å². The Morgan fingerprint density at radius 1 is 0.882 bits per heavy atom. The molecule has 1 atom stereocenters. The maximum atomic E-state index is 12.5. The maximum absolute atomic E-state index is 12.5. The fourth-order valence-corrected chi connectivity index (χ4v) is 3.62. The molecule has 178 valence electrons. The number of alkyl carbamates (subject to hydrolysis) is 1. The van der Waals surface area contributed by atoms with E-state index in [1.54, 1.807) is 20.8 Å². The molecular weight excluding hydrogens is 450 g/mol. The summed E-state index contributed by atoms with van der Waals surface area (Å²) in [7, 11) is 0. The minimum atomic E-state index is -0.638. The molecule has 3 aromatic rings. The van der Waals surface area contributed by atoms with Crippen molar-refractivity contribution in [2.45, 2.75) is 51.9 Å². The first-order valence-electron chi connectivity index (χ1n) is 11.2. The van der Waals surface area contributed by atoms with Gasteiger partial charge in [0.05, 0.1) is 6.42 Å². The number of hydrogen-bond acceptors (Lipinski definition) is 4. The minimum Gasteiger partial charge on any atom is -0.461 e. The molecule has 3 rings (SSSR count). The number of hydrogen-bond donors (Lipinski definition) is 1. The summed E-state index contributed by atoms with van der Waals surface area (Å²) in [6, 6.07) is 24.6. The van der Waals surface area contributed by atoms with Gasteiger partial charge in [0.2, 0.25) is 0 Å². The number of amides is 1. The van der Waals surface area contributed by atoms with Crippen LogP contribution in [-0.4, -0.2) is 23.7 Å². The van der Waals surface area contributed by atoms with Gasteiger partial charge in [0.15, 0.2) is 0 Å². The van der Waals surface area contributed by atoms with Crippen LogP contribution in [0.25, 0.3) is 11.1 Å². The Labute approximate surface area is 206 Å². The van der Waals surface area contributed by atoms with Crippen molar-refractivity contribution in [1.82, 2.24) is 5.32 Å². The van der Waals surface area contributed by atoms with Crippen LogP contribution < -0.4 is 5.32 Å². The number of halogens is 1. The summed E-state index contributed by atoms with van der Waals surface area (Å²) in [6.45, 7) is 5.58. The third kappa shape index (κ3) is 8.56.